The molecule has 9 heteroatoms. The SMILES string of the molecule is CNCCCN(C)S(=O)(=O)c1cn(C)c(=O)n(C)c1=O. The second kappa shape index (κ2) is 6.33. The predicted molar refractivity (Wildman–Crippen MR) is 75.3 cm³/mol. The average Bonchev–Trinajstić information content (AvgIpc) is 2.40. The molecule has 114 valence electrons. The molecule has 1 heterocycles. The lowest BCUT2D eigenvalue weighted by molar-refractivity contribution is 0.454. The van der Waals surface area contributed by atoms with Crippen LogP contribution in [0.25, 0.3) is 0 Å². The normalized spacial score (nSPS) is 12.1. The topological polar surface area (TPSA) is 93.4 Å². The van der Waals surface area contributed by atoms with Gasteiger partial charge in [-0.25, -0.2) is 17.5 Å². The Hall–Kier alpha value is -1.45. The van der Waals surface area contributed by atoms with Crippen LogP contribution < -0.4 is 16.6 Å². The van der Waals surface area contributed by atoms with Crippen molar-refractivity contribution in [1.82, 2.24) is 18.8 Å². The van der Waals surface area contributed by atoms with Gasteiger partial charge in [-0.15, -0.1) is 0 Å². The van der Waals surface area contributed by atoms with Gasteiger partial charge in [0.2, 0.25) is 10.0 Å². The number of hydrogen-bond donors (Lipinski definition) is 1. The zero-order chi connectivity index (χ0) is 15.5. The molecule has 0 unspecified atom stereocenters. The van der Waals surface area contributed by atoms with Crippen molar-refractivity contribution in [2.24, 2.45) is 14.1 Å². The van der Waals surface area contributed by atoms with E-state index in [-0.39, 0.29) is 6.54 Å². The van der Waals surface area contributed by atoms with Gasteiger partial charge in [0.1, 0.15) is 0 Å². The van der Waals surface area contributed by atoms with Gasteiger partial charge in [-0.05, 0) is 20.0 Å². The molecule has 1 N–H and O–H groups in total. The Labute approximate surface area is 117 Å². The van der Waals surface area contributed by atoms with Crippen LogP contribution in [0.4, 0.5) is 0 Å². The first kappa shape index (κ1) is 16.6. The zero-order valence-electron chi connectivity index (χ0n) is 12.1. The number of rotatable bonds is 6. The Morgan fingerprint density at radius 3 is 2.45 bits per heavy atom. The fraction of sp³-hybridized carbons (Fsp3) is 0.636. The first-order valence-corrected chi connectivity index (χ1v) is 7.55. The van der Waals surface area contributed by atoms with Crippen molar-refractivity contribution in [3.63, 3.8) is 0 Å². The molecular weight excluding hydrogens is 284 g/mol. The lowest BCUT2D eigenvalue weighted by Crippen LogP contribution is -2.42. The lowest BCUT2D eigenvalue weighted by atomic mass is 10.4. The molecule has 0 spiro atoms. The van der Waals surface area contributed by atoms with E-state index in [0.717, 1.165) is 19.6 Å². The Kier molecular flexibility index (Phi) is 5.26. The molecule has 1 rings (SSSR count). The number of nitrogens with zero attached hydrogens (tertiary/aromatic N) is 3. The van der Waals surface area contributed by atoms with Crippen molar-refractivity contribution < 1.29 is 8.42 Å². The Balaban J connectivity index is 3.23. The van der Waals surface area contributed by atoms with Crippen LogP contribution in [0, 0.1) is 0 Å². The molecule has 0 saturated carbocycles. The molecule has 0 bridgehead atoms. The van der Waals surface area contributed by atoms with E-state index in [1.165, 1.54) is 21.1 Å². The summed E-state index contributed by atoms with van der Waals surface area (Å²) < 4.78 is 27.7. The third-order valence-corrected chi connectivity index (χ3v) is 4.84. The highest BCUT2D eigenvalue weighted by Gasteiger charge is 2.25. The minimum Gasteiger partial charge on any atom is -0.320 e. The van der Waals surface area contributed by atoms with Crippen LogP contribution in [-0.4, -0.2) is 49.0 Å². The van der Waals surface area contributed by atoms with Gasteiger partial charge in [0, 0.05) is 33.9 Å². The Morgan fingerprint density at radius 2 is 1.90 bits per heavy atom. The molecule has 0 aliphatic rings. The van der Waals surface area contributed by atoms with Crippen LogP contribution in [-0.2, 0) is 24.1 Å². The zero-order valence-corrected chi connectivity index (χ0v) is 12.9. The quantitative estimate of drug-likeness (QED) is 0.633. The molecule has 1 aromatic rings. The van der Waals surface area contributed by atoms with E-state index >= 15 is 0 Å². The fourth-order valence-electron chi connectivity index (χ4n) is 1.72. The summed E-state index contributed by atoms with van der Waals surface area (Å²) in [5.41, 5.74) is -1.37. The van der Waals surface area contributed by atoms with E-state index in [9.17, 15) is 18.0 Å². The van der Waals surface area contributed by atoms with Crippen molar-refractivity contribution in [3.05, 3.63) is 27.0 Å². The van der Waals surface area contributed by atoms with Crippen LogP contribution in [0.2, 0.25) is 0 Å². The molecule has 0 aliphatic carbocycles. The number of aryl methyl sites for hydroxylation is 1. The molecule has 0 saturated heterocycles. The van der Waals surface area contributed by atoms with Crippen LogP contribution in [0.1, 0.15) is 6.42 Å². The summed E-state index contributed by atoms with van der Waals surface area (Å²) in [6.07, 6.45) is 1.69. The first-order valence-electron chi connectivity index (χ1n) is 6.11. The van der Waals surface area contributed by atoms with Gasteiger partial charge in [0.15, 0.2) is 4.90 Å². The number of aromatic nitrogens is 2. The van der Waals surface area contributed by atoms with Crippen molar-refractivity contribution >= 4 is 10.0 Å². The molecule has 20 heavy (non-hydrogen) atoms. The van der Waals surface area contributed by atoms with Crippen LogP contribution in [0.15, 0.2) is 20.7 Å². The van der Waals surface area contributed by atoms with Gasteiger partial charge in [0.25, 0.3) is 5.56 Å². The van der Waals surface area contributed by atoms with Gasteiger partial charge in [0.05, 0.1) is 0 Å². The maximum absolute atomic E-state index is 12.3. The smallest absolute Gasteiger partial charge is 0.320 e. The summed E-state index contributed by atoms with van der Waals surface area (Å²) in [4.78, 5) is 23.1. The Bertz CT molecular complexity index is 689. The molecule has 0 atom stereocenters. The molecule has 0 fully saturated rings. The van der Waals surface area contributed by atoms with Crippen molar-refractivity contribution in [1.29, 1.82) is 0 Å². The summed E-state index contributed by atoms with van der Waals surface area (Å²) in [6, 6.07) is 0. The number of hydrogen-bond acceptors (Lipinski definition) is 5. The van der Waals surface area contributed by atoms with Gasteiger partial charge in [-0.3, -0.25) is 9.36 Å². The highest BCUT2D eigenvalue weighted by molar-refractivity contribution is 7.89. The summed E-state index contributed by atoms with van der Waals surface area (Å²) in [7, 11) is 1.95. The monoisotopic (exact) mass is 304 g/mol. The summed E-state index contributed by atoms with van der Waals surface area (Å²) >= 11 is 0. The van der Waals surface area contributed by atoms with Crippen molar-refractivity contribution in [3.8, 4) is 0 Å². The predicted octanol–water partition coefficient (Wildman–Crippen LogP) is -1.69. The second-order valence-electron chi connectivity index (χ2n) is 4.53. The highest BCUT2D eigenvalue weighted by atomic mass is 32.2. The van der Waals surface area contributed by atoms with E-state index in [1.807, 2.05) is 0 Å². The maximum atomic E-state index is 12.3. The lowest BCUT2D eigenvalue weighted by Gasteiger charge is -2.17. The minimum absolute atomic E-state index is 0.287. The van der Waals surface area contributed by atoms with Crippen LogP contribution in [0.3, 0.4) is 0 Å². The largest absolute Gasteiger partial charge is 0.330 e. The minimum atomic E-state index is -3.90. The molecule has 0 amide bonds. The summed E-state index contributed by atoms with van der Waals surface area (Å²) in [5.74, 6) is 0. The average molecular weight is 304 g/mol. The fourth-order valence-corrected chi connectivity index (χ4v) is 3.07. The molecule has 0 radical (unpaired) electrons. The maximum Gasteiger partial charge on any atom is 0.330 e. The van der Waals surface area contributed by atoms with Crippen molar-refractivity contribution in [2.45, 2.75) is 11.3 Å². The highest BCUT2D eigenvalue weighted by Crippen LogP contribution is 2.08. The third-order valence-electron chi connectivity index (χ3n) is 3.00. The van der Waals surface area contributed by atoms with Crippen molar-refractivity contribution in [2.75, 3.05) is 27.2 Å². The van der Waals surface area contributed by atoms with E-state index in [2.05, 4.69) is 5.32 Å². The van der Waals surface area contributed by atoms with Gasteiger partial charge in [-0.2, -0.15) is 0 Å². The molecule has 0 aromatic carbocycles. The molecule has 8 nitrogen and oxygen atoms in total. The van der Waals surface area contributed by atoms with Gasteiger partial charge in [-0.1, -0.05) is 0 Å². The Morgan fingerprint density at radius 1 is 1.30 bits per heavy atom. The van der Waals surface area contributed by atoms with Crippen LogP contribution >= 0.6 is 0 Å². The van der Waals surface area contributed by atoms with E-state index in [4.69, 9.17) is 0 Å². The summed E-state index contributed by atoms with van der Waals surface area (Å²) in [5, 5.41) is 2.92. The number of sulfonamides is 1. The molecule has 1 aromatic heterocycles. The van der Waals surface area contributed by atoms with Crippen LogP contribution in [0.5, 0.6) is 0 Å². The first-order chi connectivity index (χ1) is 9.23. The number of nitrogens with one attached hydrogen (secondary N) is 1. The summed E-state index contributed by atoms with van der Waals surface area (Å²) in [6.45, 7) is 0.959. The second-order valence-corrected chi connectivity index (χ2v) is 6.55. The van der Waals surface area contributed by atoms with Gasteiger partial charge < -0.3 is 9.88 Å². The molecule has 0 aliphatic heterocycles. The molecular formula is C11H20N4O4S. The van der Waals surface area contributed by atoms with E-state index in [0.29, 0.717) is 13.0 Å². The van der Waals surface area contributed by atoms with Gasteiger partial charge >= 0.3 is 5.69 Å². The van der Waals surface area contributed by atoms with E-state index in [1.54, 1.807) is 7.05 Å². The van der Waals surface area contributed by atoms with E-state index < -0.39 is 26.2 Å². The standard InChI is InChI=1S/C11H20N4O4S/c1-12-6-5-7-14(3)20(18,19)9-8-13(2)11(17)15(4)10(9)16/h8,12H,5-7H2,1-4H3. The third kappa shape index (κ3) is 3.17.